The molecule has 0 spiro atoms. The molecule has 0 N–H and O–H groups in total. The normalized spacial score (nSPS) is 10.7. The predicted octanol–water partition coefficient (Wildman–Crippen LogP) is 3.82. The molecule has 3 nitrogen and oxygen atoms in total. The molecule has 88 valence electrons. The SMILES string of the molecule is O=C(c1cnc2ccccc2c1)c1occc1Br. The van der Waals surface area contributed by atoms with Gasteiger partial charge in [0.15, 0.2) is 5.76 Å². The summed E-state index contributed by atoms with van der Waals surface area (Å²) >= 11 is 3.28. The molecular weight excluding hydrogens is 294 g/mol. The quantitative estimate of drug-likeness (QED) is 0.676. The van der Waals surface area contributed by atoms with Crippen molar-refractivity contribution in [2.24, 2.45) is 0 Å². The fourth-order valence-corrected chi connectivity index (χ4v) is 2.16. The number of pyridine rings is 1. The van der Waals surface area contributed by atoms with Crippen molar-refractivity contribution in [2.75, 3.05) is 0 Å². The Morgan fingerprint density at radius 2 is 2.06 bits per heavy atom. The highest BCUT2D eigenvalue weighted by molar-refractivity contribution is 9.10. The molecule has 0 aliphatic carbocycles. The summed E-state index contributed by atoms with van der Waals surface area (Å²) in [6.45, 7) is 0. The minimum Gasteiger partial charge on any atom is -0.460 e. The molecule has 0 radical (unpaired) electrons. The van der Waals surface area contributed by atoms with E-state index in [0.717, 1.165) is 10.9 Å². The van der Waals surface area contributed by atoms with Gasteiger partial charge in [-0.05, 0) is 34.1 Å². The van der Waals surface area contributed by atoms with E-state index in [4.69, 9.17) is 4.42 Å². The van der Waals surface area contributed by atoms with E-state index in [1.165, 1.54) is 6.26 Å². The van der Waals surface area contributed by atoms with Crippen molar-refractivity contribution in [3.8, 4) is 0 Å². The first kappa shape index (κ1) is 11.2. The van der Waals surface area contributed by atoms with Crippen LogP contribution in [0.3, 0.4) is 0 Å². The molecule has 2 aromatic heterocycles. The maximum absolute atomic E-state index is 12.2. The van der Waals surface area contributed by atoms with Crippen LogP contribution in [0.4, 0.5) is 0 Å². The number of ketones is 1. The van der Waals surface area contributed by atoms with Crippen molar-refractivity contribution in [1.29, 1.82) is 0 Å². The highest BCUT2D eigenvalue weighted by Gasteiger charge is 2.16. The predicted molar refractivity (Wildman–Crippen MR) is 71.6 cm³/mol. The molecule has 0 atom stereocenters. The summed E-state index contributed by atoms with van der Waals surface area (Å²) in [6, 6.07) is 11.2. The molecule has 18 heavy (non-hydrogen) atoms. The third-order valence-corrected chi connectivity index (χ3v) is 3.30. The second-order valence-electron chi connectivity index (χ2n) is 3.84. The van der Waals surface area contributed by atoms with Crippen molar-refractivity contribution in [3.05, 3.63) is 64.7 Å². The molecule has 3 aromatic rings. The zero-order chi connectivity index (χ0) is 12.5. The first-order valence-corrected chi connectivity index (χ1v) is 6.17. The maximum Gasteiger partial charge on any atom is 0.230 e. The van der Waals surface area contributed by atoms with Crippen molar-refractivity contribution in [3.63, 3.8) is 0 Å². The van der Waals surface area contributed by atoms with E-state index in [-0.39, 0.29) is 5.78 Å². The average molecular weight is 302 g/mol. The van der Waals surface area contributed by atoms with E-state index in [9.17, 15) is 4.79 Å². The third kappa shape index (κ3) is 1.84. The second-order valence-corrected chi connectivity index (χ2v) is 4.70. The van der Waals surface area contributed by atoms with Crippen LogP contribution < -0.4 is 0 Å². The summed E-state index contributed by atoms with van der Waals surface area (Å²) in [5.41, 5.74) is 1.39. The fraction of sp³-hybridized carbons (Fsp3) is 0. The van der Waals surface area contributed by atoms with Crippen molar-refractivity contribution in [2.45, 2.75) is 0 Å². The number of halogens is 1. The lowest BCUT2D eigenvalue weighted by Crippen LogP contribution is -2.01. The summed E-state index contributed by atoms with van der Waals surface area (Å²) in [7, 11) is 0. The molecule has 0 saturated carbocycles. The van der Waals surface area contributed by atoms with E-state index in [2.05, 4.69) is 20.9 Å². The van der Waals surface area contributed by atoms with Gasteiger partial charge in [-0.25, -0.2) is 0 Å². The number of fused-ring (bicyclic) bond motifs is 1. The summed E-state index contributed by atoms with van der Waals surface area (Å²) in [6.07, 6.45) is 3.05. The van der Waals surface area contributed by atoms with Crippen LogP contribution in [0.5, 0.6) is 0 Å². The molecule has 0 aliphatic heterocycles. The van der Waals surface area contributed by atoms with Gasteiger partial charge in [0.2, 0.25) is 5.78 Å². The van der Waals surface area contributed by atoms with Crippen molar-refractivity contribution < 1.29 is 9.21 Å². The number of aromatic nitrogens is 1. The monoisotopic (exact) mass is 301 g/mol. The first-order valence-electron chi connectivity index (χ1n) is 5.38. The van der Waals surface area contributed by atoms with Crippen LogP contribution in [-0.2, 0) is 0 Å². The van der Waals surface area contributed by atoms with Crippen molar-refractivity contribution in [1.82, 2.24) is 4.98 Å². The summed E-state index contributed by atoms with van der Waals surface area (Å²) in [5.74, 6) is 0.122. The van der Waals surface area contributed by atoms with Gasteiger partial charge in [0.05, 0.1) is 16.3 Å². The van der Waals surface area contributed by atoms with Gasteiger partial charge in [0, 0.05) is 17.1 Å². The highest BCUT2D eigenvalue weighted by atomic mass is 79.9. The molecule has 0 fully saturated rings. The van der Waals surface area contributed by atoms with E-state index in [1.807, 2.05) is 30.3 Å². The van der Waals surface area contributed by atoms with Gasteiger partial charge < -0.3 is 4.42 Å². The minimum atomic E-state index is -0.176. The number of nitrogens with zero attached hydrogens (tertiary/aromatic N) is 1. The van der Waals surface area contributed by atoms with Crippen LogP contribution >= 0.6 is 15.9 Å². The summed E-state index contributed by atoms with van der Waals surface area (Å²) < 4.78 is 5.82. The molecule has 4 heteroatoms. The number of para-hydroxylation sites is 1. The van der Waals surface area contributed by atoms with Crippen LogP contribution in [0.2, 0.25) is 0 Å². The topological polar surface area (TPSA) is 43.1 Å². The third-order valence-electron chi connectivity index (χ3n) is 2.68. The Kier molecular flexibility index (Phi) is 2.72. The molecular formula is C14H8BrNO2. The molecule has 0 aliphatic rings. The number of rotatable bonds is 2. The number of hydrogen-bond acceptors (Lipinski definition) is 3. The second kappa shape index (κ2) is 4.38. The Hall–Kier alpha value is -1.94. The lowest BCUT2D eigenvalue weighted by molar-refractivity contribution is 0.101. The van der Waals surface area contributed by atoms with Gasteiger partial charge in [-0.2, -0.15) is 0 Å². The van der Waals surface area contributed by atoms with Gasteiger partial charge in [-0.15, -0.1) is 0 Å². The van der Waals surface area contributed by atoms with Crippen LogP contribution in [0.1, 0.15) is 16.1 Å². The Labute approximate surface area is 112 Å². The minimum absolute atomic E-state index is 0.176. The molecule has 0 amide bonds. The highest BCUT2D eigenvalue weighted by Crippen LogP contribution is 2.22. The lowest BCUT2D eigenvalue weighted by atomic mass is 10.1. The van der Waals surface area contributed by atoms with Gasteiger partial charge in [-0.1, -0.05) is 18.2 Å². The van der Waals surface area contributed by atoms with Crippen LogP contribution in [0.25, 0.3) is 10.9 Å². The Morgan fingerprint density at radius 3 is 2.83 bits per heavy atom. The van der Waals surface area contributed by atoms with E-state index in [1.54, 1.807) is 12.3 Å². The number of carbonyl (C=O) groups excluding carboxylic acids is 1. The van der Waals surface area contributed by atoms with E-state index >= 15 is 0 Å². The van der Waals surface area contributed by atoms with Gasteiger partial charge in [-0.3, -0.25) is 9.78 Å². The zero-order valence-corrected chi connectivity index (χ0v) is 10.8. The zero-order valence-electron chi connectivity index (χ0n) is 9.26. The standard InChI is InChI=1S/C14H8BrNO2/c15-11-5-6-18-14(11)13(17)10-7-9-3-1-2-4-12(9)16-8-10/h1-8H. The lowest BCUT2D eigenvalue weighted by Gasteiger charge is -2.01. The molecule has 0 bridgehead atoms. The number of carbonyl (C=O) groups is 1. The van der Waals surface area contributed by atoms with Crippen LogP contribution in [-0.4, -0.2) is 10.8 Å². The van der Waals surface area contributed by atoms with Crippen molar-refractivity contribution >= 4 is 32.6 Å². The molecule has 1 aromatic carbocycles. The van der Waals surface area contributed by atoms with Gasteiger partial charge in [0.1, 0.15) is 0 Å². The Bertz CT molecular complexity index is 733. The Balaban J connectivity index is 2.10. The largest absolute Gasteiger partial charge is 0.460 e. The molecule has 2 heterocycles. The number of hydrogen-bond donors (Lipinski definition) is 0. The number of furan rings is 1. The maximum atomic E-state index is 12.2. The Morgan fingerprint density at radius 1 is 1.22 bits per heavy atom. The number of benzene rings is 1. The summed E-state index contributed by atoms with van der Waals surface area (Å²) in [4.78, 5) is 16.5. The van der Waals surface area contributed by atoms with Crippen LogP contribution in [0.15, 0.2) is 57.7 Å². The molecule has 3 rings (SSSR count). The van der Waals surface area contributed by atoms with E-state index in [0.29, 0.717) is 15.8 Å². The van der Waals surface area contributed by atoms with E-state index < -0.39 is 0 Å². The van der Waals surface area contributed by atoms with Crippen LogP contribution in [0, 0.1) is 0 Å². The fourth-order valence-electron chi connectivity index (χ4n) is 1.78. The average Bonchev–Trinajstić information content (AvgIpc) is 2.83. The molecule has 0 saturated heterocycles. The summed E-state index contributed by atoms with van der Waals surface area (Å²) in [5, 5.41) is 0.936. The van der Waals surface area contributed by atoms with Gasteiger partial charge in [0.25, 0.3) is 0 Å². The smallest absolute Gasteiger partial charge is 0.230 e. The first-order chi connectivity index (χ1) is 8.75. The molecule has 0 unspecified atom stereocenters. The van der Waals surface area contributed by atoms with Gasteiger partial charge >= 0.3 is 0 Å².